The molecule has 2 aromatic rings. The first-order chi connectivity index (χ1) is 13.3. The highest BCUT2D eigenvalue weighted by Crippen LogP contribution is 2.35. The maximum Gasteiger partial charge on any atom is 0.256 e. The number of benzene rings is 1. The molecule has 28 heavy (non-hydrogen) atoms. The van der Waals surface area contributed by atoms with Crippen molar-refractivity contribution >= 4 is 26.8 Å². The Labute approximate surface area is 167 Å². The summed E-state index contributed by atoms with van der Waals surface area (Å²) in [4.78, 5) is 15.1. The van der Waals surface area contributed by atoms with Gasteiger partial charge in [0.1, 0.15) is 0 Å². The summed E-state index contributed by atoms with van der Waals surface area (Å²) in [6.07, 6.45) is 3.16. The zero-order valence-corrected chi connectivity index (χ0v) is 17.7. The van der Waals surface area contributed by atoms with Gasteiger partial charge in [0, 0.05) is 50.3 Å². The number of hydrogen-bond acceptors (Lipinski definition) is 3. The van der Waals surface area contributed by atoms with Crippen LogP contribution >= 0.6 is 0 Å². The standard InChI is InChI=1S/C21H29N3O3S/c1-15(2)12-24-13-16-8-10-23(11-9-20(16)28(24,26)27)21(25)18-14-22(3)19-7-5-4-6-17(18)19/h4-7,14-16,20H,8-13H2,1-3H3/t16-,20-/m1/s1. The van der Waals surface area contributed by atoms with Crippen LogP contribution in [0.25, 0.3) is 10.9 Å². The number of carbonyl (C=O) groups is 1. The van der Waals surface area contributed by atoms with Crippen molar-refractivity contribution in [1.82, 2.24) is 13.8 Å². The van der Waals surface area contributed by atoms with Gasteiger partial charge in [0.2, 0.25) is 10.0 Å². The van der Waals surface area contributed by atoms with Crippen LogP contribution in [0.2, 0.25) is 0 Å². The molecule has 0 unspecified atom stereocenters. The Balaban J connectivity index is 1.54. The fourth-order valence-electron chi connectivity index (χ4n) is 4.77. The molecule has 7 heteroatoms. The van der Waals surface area contributed by atoms with Crippen LogP contribution in [0.15, 0.2) is 30.5 Å². The predicted octanol–water partition coefficient (Wildman–Crippen LogP) is 2.70. The van der Waals surface area contributed by atoms with Gasteiger partial charge in [0.05, 0.1) is 10.8 Å². The first-order valence-corrected chi connectivity index (χ1v) is 11.6. The molecule has 152 valence electrons. The number of rotatable bonds is 3. The van der Waals surface area contributed by atoms with Gasteiger partial charge in [-0.05, 0) is 30.7 Å². The van der Waals surface area contributed by atoms with Gasteiger partial charge in [-0.1, -0.05) is 32.0 Å². The Hall–Kier alpha value is -1.86. The molecule has 2 atom stereocenters. The maximum atomic E-state index is 13.2. The molecule has 2 aliphatic heterocycles. The van der Waals surface area contributed by atoms with Crippen molar-refractivity contribution in [2.45, 2.75) is 31.9 Å². The monoisotopic (exact) mass is 403 g/mol. The molecular weight excluding hydrogens is 374 g/mol. The van der Waals surface area contributed by atoms with E-state index in [4.69, 9.17) is 0 Å². The van der Waals surface area contributed by atoms with Gasteiger partial charge in [-0.25, -0.2) is 12.7 Å². The number of aromatic nitrogens is 1. The second-order valence-corrected chi connectivity index (χ2v) is 10.7. The van der Waals surface area contributed by atoms with Crippen LogP contribution in [0.4, 0.5) is 0 Å². The van der Waals surface area contributed by atoms with Gasteiger partial charge in [0.25, 0.3) is 5.91 Å². The summed E-state index contributed by atoms with van der Waals surface area (Å²) in [6.45, 7) is 6.41. The average molecular weight is 404 g/mol. The number of hydrogen-bond donors (Lipinski definition) is 0. The normalized spacial score (nSPS) is 25.2. The van der Waals surface area contributed by atoms with Crippen LogP contribution in [0.3, 0.4) is 0 Å². The van der Waals surface area contributed by atoms with E-state index in [1.54, 1.807) is 4.31 Å². The van der Waals surface area contributed by atoms with E-state index in [1.165, 1.54) is 0 Å². The third kappa shape index (κ3) is 3.24. The second-order valence-electron chi connectivity index (χ2n) is 8.59. The van der Waals surface area contributed by atoms with Crippen LogP contribution in [0.5, 0.6) is 0 Å². The molecule has 3 heterocycles. The minimum atomic E-state index is -3.26. The molecule has 2 saturated heterocycles. The van der Waals surface area contributed by atoms with Gasteiger partial charge in [0.15, 0.2) is 0 Å². The van der Waals surface area contributed by atoms with Crippen molar-refractivity contribution in [3.05, 3.63) is 36.0 Å². The zero-order chi connectivity index (χ0) is 20.1. The highest BCUT2D eigenvalue weighted by molar-refractivity contribution is 7.90. The lowest BCUT2D eigenvalue weighted by Gasteiger charge is -2.22. The molecular formula is C21H29N3O3S. The summed E-state index contributed by atoms with van der Waals surface area (Å²) in [7, 11) is -1.31. The first kappa shape index (κ1) is 19.5. The van der Waals surface area contributed by atoms with Crippen LogP contribution < -0.4 is 0 Å². The number of para-hydroxylation sites is 1. The topological polar surface area (TPSA) is 62.6 Å². The van der Waals surface area contributed by atoms with E-state index in [0.29, 0.717) is 44.1 Å². The van der Waals surface area contributed by atoms with Gasteiger partial charge in [-0.2, -0.15) is 0 Å². The number of carbonyl (C=O) groups excluding carboxylic acids is 1. The highest BCUT2D eigenvalue weighted by atomic mass is 32.2. The first-order valence-electron chi connectivity index (χ1n) is 10.1. The lowest BCUT2D eigenvalue weighted by molar-refractivity contribution is 0.0761. The molecule has 1 aromatic heterocycles. The molecule has 4 rings (SSSR count). The predicted molar refractivity (Wildman–Crippen MR) is 111 cm³/mol. The highest BCUT2D eigenvalue weighted by Gasteiger charge is 2.47. The Morgan fingerprint density at radius 3 is 2.64 bits per heavy atom. The van der Waals surface area contributed by atoms with Crippen LogP contribution in [-0.4, -0.2) is 59.5 Å². The maximum absolute atomic E-state index is 13.2. The summed E-state index contributed by atoms with van der Waals surface area (Å²) >= 11 is 0. The number of aryl methyl sites for hydroxylation is 1. The smallest absolute Gasteiger partial charge is 0.256 e. The van der Waals surface area contributed by atoms with E-state index < -0.39 is 10.0 Å². The van der Waals surface area contributed by atoms with Crippen molar-refractivity contribution in [2.75, 3.05) is 26.2 Å². The second kappa shape index (κ2) is 7.19. The van der Waals surface area contributed by atoms with E-state index in [1.807, 2.05) is 60.8 Å². The van der Waals surface area contributed by atoms with Crippen molar-refractivity contribution < 1.29 is 13.2 Å². The zero-order valence-electron chi connectivity index (χ0n) is 16.8. The van der Waals surface area contributed by atoms with E-state index >= 15 is 0 Å². The number of nitrogens with zero attached hydrogens (tertiary/aromatic N) is 3. The number of sulfonamides is 1. The lowest BCUT2D eigenvalue weighted by atomic mass is 10.0. The molecule has 0 N–H and O–H groups in total. The summed E-state index contributed by atoms with van der Waals surface area (Å²) < 4.78 is 29.6. The van der Waals surface area contributed by atoms with Crippen LogP contribution in [0, 0.1) is 11.8 Å². The van der Waals surface area contributed by atoms with Gasteiger partial charge < -0.3 is 9.47 Å². The van der Waals surface area contributed by atoms with Crippen molar-refractivity contribution in [3.63, 3.8) is 0 Å². The van der Waals surface area contributed by atoms with Gasteiger partial charge in [-0.15, -0.1) is 0 Å². The average Bonchev–Trinajstić information content (AvgIpc) is 2.98. The summed E-state index contributed by atoms with van der Waals surface area (Å²) in [5.74, 6) is 0.448. The number of amides is 1. The summed E-state index contributed by atoms with van der Waals surface area (Å²) in [6, 6.07) is 7.90. The minimum absolute atomic E-state index is 0.00760. The van der Waals surface area contributed by atoms with Crippen LogP contribution in [0.1, 0.15) is 37.0 Å². The Morgan fingerprint density at radius 2 is 1.89 bits per heavy atom. The fraction of sp³-hybridized carbons (Fsp3) is 0.571. The van der Waals surface area contributed by atoms with E-state index in [-0.39, 0.29) is 17.1 Å². The van der Waals surface area contributed by atoms with Crippen molar-refractivity contribution in [3.8, 4) is 0 Å². The Bertz CT molecular complexity index is 995. The van der Waals surface area contributed by atoms with E-state index in [0.717, 1.165) is 17.3 Å². The van der Waals surface area contributed by atoms with Gasteiger partial charge in [-0.3, -0.25) is 4.79 Å². The number of fused-ring (bicyclic) bond motifs is 2. The largest absolute Gasteiger partial charge is 0.350 e. The summed E-state index contributed by atoms with van der Waals surface area (Å²) in [5, 5.41) is 0.603. The molecule has 6 nitrogen and oxygen atoms in total. The third-order valence-electron chi connectivity index (χ3n) is 6.14. The van der Waals surface area contributed by atoms with Crippen molar-refractivity contribution in [2.24, 2.45) is 18.9 Å². The summed E-state index contributed by atoms with van der Waals surface area (Å²) in [5.41, 5.74) is 1.74. The minimum Gasteiger partial charge on any atom is -0.350 e. The van der Waals surface area contributed by atoms with Gasteiger partial charge >= 0.3 is 0 Å². The van der Waals surface area contributed by atoms with Crippen LogP contribution in [-0.2, 0) is 17.1 Å². The third-order valence-corrected chi connectivity index (χ3v) is 8.55. The molecule has 1 amide bonds. The molecule has 1 aromatic carbocycles. The van der Waals surface area contributed by atoms with E-state index in [2.05, 4.69) is 0 Å². The molecule has 0 radical (unpaired) electrons. The molecule has 0 bridgehead atoms. The van der Waals surface area contributed by atoms with Crippen molar-refractivity contribution in [1.29, 1.82) is 0 Å². The molecule has 0 spiro atoms. The number of likely N-dealkylation sites (tertiary alicyclic amines) is 1. The Morgan fingerprint density at radius 1 is 1.18 bits per heavy atom. The quantitative estimate of drug-likeness (QED) is 0.792. The molecule has 0 saturated carbocycles. The molecule has 2 aliphatic rings. The van der Waals surface area contributed by atoms with E-state index in [9.17, 15) is 13.2 Å². The lowest BCUT2D eigenvalue weighted by Crippen LogP contribution is -2.35. The Kier molecular flexibility index (Phi) is 5.00. The fourth-order valence-corrected chi connectivity index (χ4v) is 7.17. The molecule has 2 fully saturated rings. The SMILES string of the molecule is CC(C)CN1C[C@H]2CCN(C(=O)c3cn(C)c4ccccc34)CC[C@H]2S1(=O)=O. The molecule has 0 aliphatic carbocycles.